The number of amides is 1. The highest BCUT2D eigenvalue weighted by molar-refractivity contribution is 5.86. The molecule has 0 fully saturated rings. The first-order valence-electron chi connectivity index (χ1n) is 13.3. The van der Waals surface area contributed by atoms with Crippen molar-refractivity contribution in [2.75, 3.05) is 6.54 Å². The van der Waals surface area contributed by atoms with Gasteiger partial charge >= 0.3 is 0 Å². The molecule has 0 aliphatic heterocycles. The normalized spacial score (nSPS) is 12.1. The molecule has 1 aromatic heterocycles. The van der Waals surface area contributed by atoms with E-state index in [1.807, 2.05) is 30.3 Å². The van der Waals surface area contributed by atoms with Gasteiger partial charge in [-0.05, 0) is 53.8 Å². The van der Waals surface area contributed by atoms with E-state index in [2.05, 4.69) is 83.7 Å². The molecule has 0 saturated carbocycles. The van der Waals surface area contributed by atoms with Gasteiger partial charge < -0.3 is 9.88 Å². The van der Waals surface area contributed by atoms with Gasteiger partial charge in [-0.3, -0.25) is 4.79 Å². The fourth-order valence-corrected chi connectivity index (χ4v) is 5.46. The summed E-state index contributed by atoms with van der Waals surface area (Å²) in [5.74, 6) is -0.380. The Kier molecular flexibility index (Phi) is 7.98. The molecule has 192 valence electrons. The van der Waals surface area contributed by atoms with Crippen LogP contribution in [0.25, 0.3) is 10.9 Å². The predicted molar refractivity (Wildman–Crippen MR) is 153 cm³/mol. The minimum Gasteiger partial charge on any atom is -0.356 e. The van der Waals surface area contributed by atoms with E-state index in [9.17, 15) is 9.18 Å². The Labute approximate surface area is 223 Å². The third-order valence-electron chi connectivity index (χ3n) is 7.34. The van der Waals surface area contributed by atoms with Crippen molar-refractivity contribution in [1.29, 1.82) is 0 Å². The summed E-state index contributed by atoms with van der Waals surface area (Å²) in [7, 11) is 0. The number of nitrogens with zero attached hydrogens (tertiary/aromatic N) is 1. The molecule has 0 radical (unpaired) electrons. The monoisotopic (exact) mass is 504 g/mol. The van der Waals surface area contributed by atoms with Gasteiger partial charge in [0.25, 0.3) is 0 Å². The minimum absolute atomic E-state index is 0.0348. The summed E-state index contributed by atoms with van der Waals surface area (Å²) in [6.07, 6.45) is 3.16. The number of hydrogen-bond acceptors (Lipinski definition) is 1. The van der Waals surface area contributed by atoms with Gasteiger partial charge in [0, 0.05) is 48.4 Å². The Bertz CT molecular complexity index is 1450. The molecule has 5 rings (SSSR count). The molecular formula is C34H33FN2O. The lowest BCUT2D eigenvalue weighted by molar-refractivity contribution is -0.121. The van der Waals surface area contributed by atoms with Gasteiger partial charge in [0.1, 0.15) is 5.82 Å². The van der Waals surface area contributed by atoms with Crippen molar-refractivity contribution in [2.24, 2.45) is 0 Å². The van der Waals surface area contributed by atoms with Crippen molar-refractivity contribution in [3.05, 3.63) is 143 Å². The highest BCUT2D eigenvalue weighted by Gasteiger charge is 2.23. The highest BCUT2D eigenvalue weighted by Crippen LogP contribution is 2.35. The first-order chi connectivity index (χ1) is 18.6. The van der Waals surface area contributed by atoms with Crippen LogP contribution in [0.15, 0.2) is 115 Å². The Morgan fingerprint density at radius 3 is 2.08 bits per heavy atom. The van der Waals surface area contributed by atoms with Crippen LogP contribution >= 0.6 is 0 Å². The van der Waals surface area contributed by atoms with Crippen LogP contribution in [0.4, 0.5) is 4.39 Å². The van der Waals surface area contributed by atoms with Crippen molar-refractivity contribution in [1.82, 2.24) is 9.88 Å². The molecule has 5 aromatic rings. The van der Waals surface area contributed by atoms with E-state index in [-0.39, 0.29) is 30.0 Å². The average molecular weight is 505 g/mol. The maximum absolute atomic E-state index is 14.3. The molecule has 38 heavy (non-hydrogen) atoms. The zero-order valence-corrected chi connectivity index (χ0v) is 21.7. The summed E-state index contributed by atoms with van der Waals surface area (Å²) in [6, 6.07) is 35.7. The molecule has 1 N–H and O–H groups in total. The molecule has 1 heterocycles. The standard InChI is InChI=1S/C34H33FN2O/c1-2-37-24-32(30-18-9-10-19-33(30)37)31(27-16-11-17-28(35)22-27)23-34(38)36-21-20-29(25-12-5-3-6-13-25)26-14-7-4-8-15-26/h3-19,22,24,29,31H,2,20-21,23H2,1H3,(H,36,38). The number of nitrogens with one attached hydrogen (secondary N) is 1. The van der Waals surface area contributed by atoms with Gasteiger partial charge in [-0.2, -0.15) is 0 Å². The molecule has 1 amide bonds. The van der Waals surface area contributed by atoms with Gasteiger partial charge in [-0.15, -0.1) is 0 Å². The third kappa shape index (κ3) is 5.70. The molecule has 0 spiro atoms. The maximum atomic E-state index is 14.3. The number of aromatic nitrogens is 1. The predicted octanol–water partition coefficient (Wildman–Crippen LogP) is 7.66. The van der Waals surface area contributed by atoms with Crippen molar-refractivity contribution in [3.63, 3.8) is 0 Å². The highest BCUT2D eigenvalue weighted by atomic mass is 19.1. The molecule has 0 bridgehead atoms. The number of carbonyl (C=O) groups excluding carboxylic acids is 1. The number of benzene rings is 4. The summed E-state index contributed by atoms with van der Waals surface area (Å²) < 4.78 is 16.5. The van der Waals surface area contributed by atoms with Crippen molar-refractivity contribution in [3.8, 4) is 0 Å². The number of hydrogen-bond donors (Lipinski definition) is 1. The number of rotatable bonds is 10. The second-order valence-electron chi connectivity index (χ2n) is 9.71. The Balaban J connectivity index is 1.36. The molecule has 4 aromatic carbocycles. The van der Waals surface area contributed by atoms with Crippen LogP contribution in [0.1, 0.15) is 53.9 Å². The lowest BCUT2D eigenvalue weighted by Crippen LogP contribution is -2.27. The number of para-hydroxylation sites is 1. The van der Waals surface area contributed by atoms with E-state index in [1.54, 1.807) is 12.1 Å². The molecule has 4 heteroatoms. The lowest BCUT2D eigenvalue weighted by Gasteiger charge is -2.20. The molecule has 1 unspecified atom stereocenters. The van der Waals surface area contributed by atoms with Gasteiger partial charge in [-0.1, -0.05) is 91.0 Å². The van der Waals surface area contributed by atoms with E-state index in [0.29, 0.717) is 6.54 Å². The smallest absolute Gasteiger partial charge is 0.220 e. The number of carbonyl (C=O) groups is 1. The Hall–Kier alpha value is -4.18. The molecule has 0 aliphatic carbocycles. The van der Waals surface area contributed by atoms with E-state index < -0.39 is 0 Å². The molecule has 1 atom stereocenters. The summed E-state index contributed by atoms with van der Waals surface area (Å²) in [4.78, 5) is 13.3. The lowest BCUT2D eigenvalue weighted by atomic mass is 9.87. The van der Waals surface area contributed by atoms with Crippen LogP contribution in [0.2, 0.25) is 0 Å². The molecule has 0 aliphatic rings. The van der Waals surface area contributed by atoms with Crippen LogP contribution in [0.5, 0.6) is 0 Å². The van der Waals surface area contributed by atoms with E-state index >= 15 is 0 Å². The average Bonchev–Trinajstić information content (AvgIpc) is 3.33. The molecule has 0 saturated heterocycles. The minimum atomic E-state index is -0.291. The fourth-order valence-electron chi connectivity index (χ4n) is 5.46. The summed E-state index contributed by atoms with van der Waals surface area (Å²) in [5, 5.41) is 4.27. The van der Waals surface area contributed by atoms with Crippen molar-refractivity contribution >= 4 is 16.8 Å². The first-order valence-corrected chi connectivity index (χ1v) is 13.3. The summed E-state index contributed by atoms with van der Waals surface area (Å²) in [5.41, 5.74) is 5.46. The zero-order valence-electron chi connectivity index (χ0n) is 21.7. The van der Waals surface area contributed by atoms with Crippen LogP contribution in [-0.2, 0) is 11.3 Å². The largest absolute Gasteiger partial charge is 0.356 e. The number of fused-ring (bicyclic) bond motifs is 1. The number of halogens is 1. The van der Waals surface area contributed by atoms with Gasteiger partial charge in [0.15, 0.2) is 0 Å². The molecular weight excluding hydrogens is 471 g/mol. The van der Waals surface area contributed by atoms with Gasteiger partial charge in [0.2, 0.25) is 5.91 Å². The van der Waals surface area contributed by atoms with Crippen molar-refractivity contribution < 1.29 is 9.18 Å². The van der Waals surface area contributed by atoms with E-state index in [4.69, 9.17) is 0 Å². The Morgan fingerprint density at radius 1 is 0.789 bits per heavy atom. The van der Waals surface area contributed by atoms with Crippen LogP contribution in [0, 0.1) is 5.82 Å². The summed E-state index contributed by atoms with van der Waals surface area (Å²) >= 11 is 0. The SMILES string of the molecule is CCn1cc(C(CC(=O)NCCC(c2ccccc2)c2ccccc2)c2cccc(F)c2)c2ccccc21. The van der Waals surface area contributed by atoms with Gasteiger partial charge in [0.05, 0.1) is 0 Å². The second kappa shape index (κ2) is 11.9. The van der Waals surface area contributed by atoms with Gasteiger partial charge in [-0.25, -0.2) is 4.39 Å². The van der Waals surface area contributed by atoms with Crippen LogP contribution < -0.4 is 5.32 Å². The first kappa shape index (κ1) is 25.5. The quantitative estimate of drug-likeness (QED) is 0.208. The summed E-state index contributed by atoms with van der Waals surface area (Å²) in [6.45, 7) is 3.48. The molecule has 3 nitrogen and oxygen atoms in total. The van der Waals surface area contributed by atoms with Crippen molar-refractivity contribution in [2.45, 2.75) is 38.1 Å². The maximum Gasteiger partial charge on any atom is 0.220 e. The zero-order chi connectivity index (χ0) is 26.3. The van der Waals surface area contributed by atoms with E-state index in [0.717, 1.165) is 35.0 Å². The second-order valence-corrected chi connectivity index (χ2v) is 9.71. The third-order valence-corrected chi connectivity index (χ3v) is 7.34. The fraction of sp³-hybridized carbons (Fsp3) is 0.206. The topological polar surface area (TPSA) is 34.0 Å². The van der Waals surface area contributed by atoms with Crippen LogP contribution in [0.3, 0.4) is 0 Å². The Morgan fingerprint density at radius 2 is 1.42 bits per heavy atom. The number of aryl methyl sites for hydroxylation is 1. The van der Waals surface area contributed by atoms with E-state index in [1.165, 1.54) is 17.2 Å². The van der Waals surface area contributed by atoms with Crippen LogP contribution in [-0.4, -0.2) is 17.0 Å².